The standard InChI is InChI=1S/C41H64N6O7S/c1-14-17-42-36(50)32(48)28(20-26-15-16-26)43-35(49)31-30-27(41(30,11)12)21-47(31)37(51)34(40(8,9)10)45-38(52)44-29(39(5,6)7)22-46(13)55(53,54)33-24(3)18-23(2)19-25(33)4/h14,18-19,26-31,34H,1,15-17,20-22H2,2-13H3,(H,42,50)(H,43,49)(H2,44,45,52)/t27-,28?,29+,30-,31-,34+/m0/s1. The number of carbonyl (C=O) groups is 5. The van der Waals surface area contributed by atoms with Gasteiger partial charge >= 0.3 is 6.03 Å². The van der Waals surface area contributed by atoms with Gasteiger partial charge in [0.1, 0.15) is 12.1 Å². The number of sulfonamides is 1. The number of hydrogen-bond donors (Lipinski definition) is 4. The number of fused-ring (bicyclic) bond motifs is 1. The van der Waals surface area contributed by atoms with Gasteiger partial charge in [0.15, 0.2) is 0 Å². The fourth-order valence-corrected chi connectivity index (χ4v) is 9.75. The van der Waals surface area contributed by atoms with Gasteiger partial charge in [-0.25, -0.2) is 13.2 Å². The van der Waals surface area contributed by atoms with E-state index in [1.165, 1.54) is 22.3 Å². The SMILES string of the molecule is C=CCNC(=O)C(=O)C(CC1CC1)NC(=O)[C@@H]1[C@@H]2[C@H](CN1C(=O)[C@@H](NC(=O)N[C@H](CN(C)S(=O)(=O)c1c(C)cc(C)cc1C)C(C)(C)C)C(C)(C)C)C2(C)C. The fraction of sp³-hybridized carbons (Fsp3) is 0.683. The van der Waals surface area contributed by atoms with Crippen LogP contribution < -0.4 is 21.3 Å². The van der Waals surface area contributed by atoms with Crippen molar-refractivity contribution in [2.75, 3.05) is 26.7 Å². The number of piperidine rings is 1. The molecule has 0 aromatic heterocycles. The molecule has 6 atom stereocenters. The quantitative estimate of drug-likeness (QED) is 0.154. The number of ketones is 1. The molecule has 0 spiro atoms. The van der Waals surface area contributed by atoms with Crippen LogP contribution in [0.4, 0.5) is 4.79 Å². The van der Waals surface area contributed by atoms with Crippen molar-refractivity contribution in [3.63, 3.8) is 0 Å². The summed E-state index contributed by atoms with van der Waals surface area (Å²) in [6.07, 6.45) is 3.63. The van der Waals surface area contributed by atoms with E-state index < -0.39 is 74.6 Å². The number of urea groups is 1. The van der Waals surface area contributed by atoms with Crippen LogP contribution in [0.5, 0.6) is 0 Å². The van der Waals surface area contributed by atoms with Crippen molar-refractivity contribution in [3.8, 4) is 0 Å². The Labute approximate surface area is 328 Å². The van der Waals surface area contributed by atoms with Crippen molar-refractivity contribution in [2.45, 2.75) is 124 Å². The number of aryl methyl sites for hydroxylation is 3. The van der Waals surface area contributed by atoms with E-state index >= 15 is 0 Å². The Balaban J connectivity index is 1.54. The van der Waals surface area contributed by atoms with E-state index in [1.54, 1.807) is 13.8 Å². The molecule has 1 aliphatic heterocycles. The molecule has 5 amide bonds. The first kappa shape index (κ1) is 43.9. The van der Waals surface area contributed by atoms with Crippen LogP contribution in [0.15, 0.2) is 29.7 Å². The van der Waals surface area contributed by atoms with Crippen LogP contribution in [-0.4, -0.2) is 98.0 Å². The van der Waals surface area contributed by atoms with Crippen molar-refractivity contribution in [1.82, 2.24) is 30.5 Å². The summed E-state index contributed by atoms with van der Waals surface area (Å²) in [4.78, 5) is 70.2. The molecule has 1 aromatic carbocycles. The fourth-order valence-electron chi connectivity index (χ4n) is 8.17. The molecule has 3 aliphatic rings. The zero-order chi connectivity index (χ0) is 41.6. The van der Waals surface area contributed by atoms with E-state index in [4.69, 9.17) is 0 Å². The van der Waals surface area contributed by atoms with Crippen LogP contribution in [0.1, 0.15) is 91.3 Å². The van der Waals surface area contributed by atoms with E-state index in [-0.39, 0.29) is 41.2 Å². The first-order chi connectivity index (χ1) is 25.2. The van der Waals surface area contributed by atoms with Gasteiger partial charge in [0.05, 0.1) is 10.9 Å². The van der Waals surface area contributed by atoms with Crippen LogP contribution in [0, 0.1) is 54.8 Å². The number of carbonyl (C=O) groups excluding carboxylic acids is 5. The molecule has 4 N–H and O–H groups in total. The number of benzene rings is 1. The highest BCUT2D eigenvalue weighted by atomic mass is 32.2. The predicted octanol–water partition coefficient (Wildman–Crippen LogP) is 4.00. The summed E-state index contributed by atoms with van der Waals surface area (Å²) < 4.78 is 29.0. The van der Waals surface area contributed by atoms with Crippen molar-refractivity contribution in [2.24, 2.45) is 34.0 Å². The summed E-state index contributed by atoms with van der Waals surface area (Å²) >= 11 is 0. The first-order valence-corrected chi connectivity index (χ1v) is 20.8. The summed E-state index contributed by atoms with van der Waals surface area (Å²) in [5.74, 6) is -2.35. The summed E-state index contributed by atoms with van der Waals surface area (Å²) in [6, 6.07) is -0.621. The number of nitrogens with one attached hydrogen (secondary N) is 4. The van der Waals surface area contributed by atoms with Gasteiger partial charge < -0.3 is 26.2 Å². The van der Waals surface area contributed by atoms with E-state index in [1.807, 2.05) is 60.6 Å². The summed E-state index contributed by atoms with van der Waals surface area (Å²) in [7, 11) is -2.42. The van der Waals surface area contributed by atoms with E-state index in [9.17, 15) is 32.4 Å². The van der Waals surface area contributed by atoms with Gasteiger partial charge in [0.25, 0.3) is 5.91 Å². The molecule has 55 heavy (non-hydrogen) atoms. The van der Waals surface area contributed by atoms with Crippen LogP contribution in [-0.2, 0) is 29.2 Å². The second-order valence-corrected chi connectivity index (χ2v) is 20.8. The lowest BCUT2D eigenvalue weighted by molar-refractivity contribution is -0.145. The van der Waals surface area contributed by atoms with Crippen LogP contribution in [0.25, 0.3) is 0 Å². The molecule has 1 saturated heterocycles. The Bertz CT molecular complexity index is 1780. The van der Waals surface area contributed by atoms with Gasteiger partial charge in [-0.05, 0) is 72.3 Å². The minimum absolute atomic E-state index is 0.0285. The maximum absolute atomic E-state index is 14.6. The summed E-state index contributed by atoms with van der Waals surface area (Å²) in [5.41, 5.74) is 0.653. The number of likely N-dealkylation sites (N-methyl/N-ethyl adjacent to an activating group) is 1. The third-order valence-electron chi connectivity index (χ3n) is 11.7. The number of nitrogens with zero attached hydrogens (tertiary/aromatic N) is 2. The molecule has 306 valence electrons. The van der Waals surface area contributed by atoms with Gasteiger partial charge in [-0.15, -0.1) is 6.58 Å². The highest BCUT2D eigenvalue weighted by Crippen LogP contribution is 2.65. The van der Waals surface area contributed by atoms with Gasteiger partial charge in [-0.2, -0.15) is 4.31 Å². The van der Waals surface area contributed by atoms with E-state index in [2.05, 4.69) is 41.7 Å². The maximum Gasteiger partial charge on any atom is 0.315 e. The Morgan fingerprint density at radius 2 is 1.55 bits per heavy atom. The smallest absolute Gasteiger partial charge is 0.315 e. The van der Waals surface area contributed by atoms with Crippen LogP contribution in [0.2, 0.25) is 0 Å². The Morgan fingerprint density at radius 1 is 0.964 bits per heavy atom. The minimum Gasteiger partial charge on any atom is -0.346 e. The van der Waals surface area contributed by atoms with Gasteiger partial charge in [-0.1, -0.05) is 92.0 Å². The summed E-state index contributed by atoms with van der Waals surface area (Å²) in [5, 5.41) is 11.2. The number of hydrogen-bond acceptors (Lipinski definition) is 7. The molecule has 13 nitrogen and oxygen atoms in total. The molecule has 2 saturated carbocycles. The topological polar surface area (TPSA) is 174 Å². The zero-order valence-electron chi connectivity index (χ0n) is 34.9. The lowest BCUT2D eigenvalue weighted by Gasteiger charge is -2.39. The van der Waals surface area contributed by atoms with Crippen molar-refractivity contribution in [1.29, 1.82) is 0 Å². The number of Topliss-reactive ketones (excluding diaryl/α,β-unsaturated/α-hetero) is 1. The number of likely N-dealkylation sites (tertiary alicyclic amines) is 1. The first-order valence-electron chi connectivity index (χ1n) is 19.4. The minimum atomic E-state index is -3.92. The molecule has 1 aromatic rings. The third kappa shape index (κ3) is 9.79. The molecule has 1 heterocycles. The second-order valence-electron chi connectivity index (χ2n) is 18.8. The Morgan fingerprint density at radius 3 is 2.05 bits per heavy atom. The Hall–Kier alpha value is -3.78. The zero-order valence-corrected chi connectivity index (χ0v) is 35.7. The van der Waals surface area contributed by atoms with Gasteiger partial charge in [0.2, 0.25) is 27.6 Å². The van der Waals surface area contributed by atoms with E-state index in [0.717, 1.165) is 18.4 Å². The van der Waals surface area contributed by atoms with Crippen molar-refractivity contribution < 1.29 is 32.4 Å². The highest BCUT2D eigenvalue weighted by Gasteiger charge is 2.70. The average Bonchev–Trinajstić information content (AvgIpc) is 3.90. The molecule has 0 bridgehead atoms. The molecular weight excluding hydrogens is 721 g/mol. The van der Waals surface area contributed by atoms with Crippen molar-refractivity contribution >= 4 is 39.6 Å². The Kier molecular flexibility index (Phi) is 12.8. The summed E-state index contributed by atoms with van der Waals surface area (Å²) in [6.45, 7) is 24.7. The third-order valence-corrected chi connectivity index (χ3v) is 13.9. The van der Waals surface area contributed by atoms with Crippen LogP contribution in [0.3, 0.4) is 0 Å². The van der Waals surface area contributed by atoms with Crippen LogP contribution >= 0.6 is 0 Å². The lowest BCUT2D eigenvalue weighted by atomic mass is 9.85. The second kappa shape index (κ2) is 16.0. The molecule has 4 rings (SSSR count). The van der Waals surface area contributed by atoms with Gasteiger partial charge in [0, 0.05) is 32.7 Å². The molecule has 0 radical (unpaired) electrons. The lowest BCUT2D eigenvalue weighted by Crippen LogP contribution is -2.62. The number of amides is 5. The molecule has 14 heteroatoms. The molecular formula is C41H64N6O7S. The maximum atomic E-state index is 14.6. The van der Waals surface area contributed by atoms with Crippen molar-refractivity contribution in [3.05, 3.63) is 41.5 Å². The van der Waals surface area contributed by atoms with E-state index in [0.29, 0.717) is 24.1 Å². The van der Waals surface area contributed by atoms with Gasteiger partial charge in [-0.3, -0.25) is 19.2 Å². The average molecular weight is 785 g/mol. The molecule has 1 unspecified atom stereocenters. The predicted molar refractivity (Wildman–Crippen MR) is 212 cm³/mol. The monoisotopic (exact) mass is 784 g/mol. The molecule has 3 fully saturated rings. The molecule has 2 aliphatic carbocycles. The highest BCUT2D eigenvalue weighted by molar-refractivity contribution is 7.89. The number of rotatable bonds is 15. The normalized spacial score (nSPS) is 22.2. The largest absolute Gasteiger partial charge is 0.346 e.